The van der Waals surface area contributed by atoms with Crippen LogP contribution in [0.5, 0.6) is 5.75 Å². The zero-order valence-electron chi connectivity index (χ0n) is 11.2. The van der Waals surface area contributed by atoms with Gasteiger partial charge in [-0.15, -0.1) is 0 Å². The standard InChI is InChI=1S/C16H13N3O2/c17-12-6-5-11-13(18-12)15(20)14-10-4-2-1-3-9(10)7-8-19(14)16(11)21/h1-6,20H,7-8H2,(H2,17,18). The fourth-order valence-electron chi connectivity index (χ4n) is 3.00. The van der Waals surface area contributed by atoms with Crippen molar-refractivity contribution >= 4 is 16.7 Å². The molecule has 0 bridgehead atoms. The molecule has 0 aliphatic carbocycles. The molecule has 21 heavy (non-hydrogen) atoms. The van der Waals surface area contributed by atoms with Gasteiger partial charge in [0.05, 0.1) is 11.1 Å². The number of hydrogen-bond acceptors (Lipinski definition) is 4. The summed E-state index contributed by atoms with van der Waals surface area (Å²) in [6.45, 7) is 0.555. The predicted octanol–water partition coefficient (Wildman–Crippen LogP) is 1.91. The lowest BCUT2D eigenvalue weighted by molar-refractivity contribution is 0.471. The molecule has 0 fully saturated rings. The molecule has 1 aliphatic rings. The largest absolute Gasteiger partial charge is 0.504 e. The van der Waals surface area contributed by atoms with E-state index >= 15 is 0 Å². The number of nitrogens with two attached hydrogens (primary N) is 1. The first-order valence-electron chi connectivity index (χ1n) is 6.77. The lowest BCUT2D eigenvalue weighted by atomic mass is 9.96. The summed E-state index contributed by atoms with van der Waals surface area (Å²) >= 11 is 0. The molecule has 1 aliphatic heterocycles. The first-order chi connectivity index (χ1) is 10.2. The highest BCUT2D eigenvalue weighted by atomic mass is 16.3. The van der Waals surface area contributed by atoms with Gasteiger partial charge in [-0.05, 0) is 24.1 Å². The summed E-state index contributed by atoms with van der Waals surface area (Å²) < 4.78 is 1.62. The topological polar surface area (TPSA) is 81.1 Å². The Bertz CT molecular complexity index is 944. The second kappa shape index (κ2) is 4.09. The van der Waals surface area contributed by atoms with Crippen molar-refractivity contribution in [1.29, 1.82) is 0 Å². The monoisotopic (exact) mass is 279 g/mol. The molecule has 3 aromatic rings. The number of benzene rings is 1. The SMILES string of the molecule is Nc1ccc2c(=O)n3c(c(O)c2n1)-c1ccccc1CC3. The Morgan fingerprint density at radius 1 is 1.19 bits per heavy atom. The second-order valence-corrected chi connectivity index (χ2v) is 5.19. The highest BCUT2D eigenvalue weighted by Gasteiger charge is 2.23. The number of fused-ring (bicyclic) bond motifs is 4. The van der Waals surface area contributed by atoms with Gasteiger partial charge in [0, 0.05) is 12.1 Å². The maximum Gasteiger partial charge on any atom is 0.260 e. The van der Waals surface area contributed by atoms with E-state index in [1.54, 1.807) is 16.7 Å². The zero-order chi connectivity index (χ0) is 14.6. The van der Waals surface area contributed by atoms with Gasteiger partial charge in [-0.1, -0.05) is 24.3 Å². The summed E-state index contributed by atoms with van der Waals surface area (Å²) in [5.74, 6) is 0.301. The van der Waals surface area contributed by atoms with Crippen LogP contribution < -0.4 is 11.3 Å². The van der Waals surface area contributed by atoms with Crippen LogP contribution in [0.25, 0.3) is 22.2 Å². The number of rotatable bonds is 0. The predicted molar refractivity (Wildman–Crippen MR) is 81.2 cm³/mol. The molecule has 0 amide bonds. The number of anilines is 1. The molecule has 4 rings (SSSR count). The van der Waals surface area contributed by atoms with E-state index in [0.29, 0.717) is 17.6 Å². The van der Waals surface area contributed by atoms with Gasteiger partial charge in [0.2, 0.25) is 0 Å². The van der Waals surface area contributed by atoms with Gasteiger partial charge in [-0.3, -0.25) is 4.79 Å². The van der Waals surface area contributed by atoms with E-state index < -0.39 is 0 Å². The summed E-state index contributed by atoms with van der Waals surface area (Å²) in [5, 5.41) is 11.0. The van der Waals surface area contributed by atoms with Gasteiger partial charge < -0.3 is 15.4 Å². The van der Waals surface area contributed by atoms with Crippen LogP contribution in [0, 0.1) is 0 Å². The van der Waals surface area contributed by atoms with Crippen molar-refractivity contribution in [2.75, 3.05) is 5.73 Å². The third-order valence-corrected chi connectivity index (χ3v) is 3.99. The van der Waals surface area contributed by atoms with Gasteiger partial charge >= 0.3 is 0 Å². The van der Waals surface area contributed by atoms with Crippen molar-refractivity contribution in [2.24, 2.45) is 0 Å². The smallest absolute Gasteiger partial charge is 0.260 e. The van der Waals surface area contributed by atoms with Crippen molar-refractivity contribution in [2.45, 2.75) is 13.0 Å². The fraction of sp³-hybridized carbons (Fsp3) is 0.125. The molecular weight excluding hydrogens is 266 g/mol. The molecule has 1 aromatic carbocycles. The number of nitrogens with zero attached hydrogens (tertiary/aromatic N) is 2. The number of aromatic hydroxyl groups is 1. The molecule has 0 spiro atoms. The minimum Gasteiger partial charge on any atom is -0.504 e. The van der Waals surface area contributed by atoms with Crippen LogP contribution in [-0.4, -0.2) is 14.7 Å². The third kappa shape index (κ3) is 1.57. The van der Waals surface area contributed by atoms with Crippen LogP contribution in [0.3, 0.4) is 0 Å². The van der Waals surface area contributed by atoms with Gasteiger partial charge in [0.25, 0.3) is 5.56 Å². The first-order valence-corrected chi connectivity index (χ1v) is 6.77. The quantitative estimate of drug-likeness (QED) is 0.658. The second-order valence-electron chi connectivity index (χ2n) is 5.19. The lowest BCUT2D eigenvalue weighted by Gasteiger charge is -2.23. The molecule has 5 nitrogen and oxygen atoms in total. The van der Waals surface area contributed by atoms with Crippen molar-refractivity contribution in [3.63, 3.8) is 0 Å². The lowest BCUT2D eigenvalue weighted by Crippen LogP contribution is -2.26. The maximum absolute atomic E-state index is 12.6. The van der Waals surface area contributed by atoms with Crippen molar-refractivity contribution in [3.8, 4) is 17.0 Å². The van der Waals surface area contributed by atoms with E-state index in [1.807, 2.05) is 24.3 Å². The Hall–Kier alpha value is -2.82. The molecule has 3 heterocycles. The minimum atomic E-state index is -0.139. The normalized spacial score (nSPS) is 13.0. The molecule has 3 N–H and O–H groups in total. The van der Waals surface area contributed by atoms with Crippen LogP contribution in [0.4, 0.5) is 5.82 Å². The number of aromatic nitrogens is 2. The van der Waals surface area contributed by atoms with E-state index in [4.69, 9.17) is 5.73 Å². The molecule has 0 saturated heterocycles. The van der Waals surface area contributed by atoms with Gasteiger partial charge in [-0.25, -0.2) is 4.98 Å². The van der Waals surface area contributed by atoms with Gasteiger partial charge in [0.1, 0.15) is 11.3 Å². The van der Waals surface area contributed by atoms with E-state index in [2.05, 4.69) is 4.98 Å². The van der Waals surface area contributed by atoms with Crippen molar-refractivity contribution in [3.05, 3.63) is 52.3 Å². The summed E-state index contributed by atoms with van der Waals surface area (Å²) in [5.41, 5.74) is 8.34. The van der Waals surface area contributed by atoms with Crippen LogP contribution >= 0.6 is 0 Å². The van der Waals surface area contributed by atoms with E-state index in [-0.39, 0.29) is 22.6 Å². The Morgan fingerprint density at radius 3 is 2.86 bits per heavy atom. The highest BCUT2D eigenvalue weighted by molar-refractivity contribution is 5.91. The number of nitrogen functional groups attached to an aromatic ring is 1. The van der Waals surface area contributed by atoms with Gasteiger partial charge in [0.15, 0.2) is 5.75 Å². The summed E-state index contributed by atoms with van der Waals surface area (Å²) in [4.78, 5) is 16.7. The van der Waals surface area contributed by atoms with Gasteiger partial charge in [-0.2, -0.15) is 0 Å². The minimum absolute atomic E-state index is 0.0176. The Kier molecular flexibility index (Phi) is 2.33. The maximum atomic E-state index is 12.6. The Labute approximate surface area is 120 Å². The zero-order valence-corrected chi connectivity index (χ0v) is 11.2. The summed E-state index contributed by atoms with van der Waals surface area (Å²) in [7, 11) is 0. The third-order valence-electron chi connectivity index (χ3n) is 3.99. The number of hydrogen-bond donors (Lipinski definition) is 2. The van der Waals surface area contributed by atoms with Crippen molar-refractivity contribution in [1.82, 2.24) is 9.55 Å². The molecule has 5 heteroatoms. The van der Waals surface area contributed by atoms with Crippen LogP contribution in [0.2, 0.25) is 0 Å². The molecule has 0 unspecified atom stereocenters. The Balaban J connectivity index is 2.20. The fourth-order valence-corrected chi connectivity index (χ4v) is 3.00. The van der Waals surface area contributed by atoms with Crippen LogP contribution in [0.15, 0.2) is 41.2 Å². The average molecular weight is 279 g/mol. The molecule has 0 saturated carbocycles. The first kappa shape index (κ1) is 12.0. The number of pyridine rings is 2. The Morgan fingerprint density at radius 2 is 2.00 bits per heavy atom. The number of aryl methyl sites for hydroxylation is 1. The van der Waals surface area contributed by atoms with Crippen LogP contribution in [0.1, 0.15) is 5.56 Å². The van der Waals surface area contributed by atoms with Crippen LogP contribution in [-0.2, 0) is 13.0 Å². The van der Waals surface area contributed by atoms with E-state index in [9.17, 15) is 9.90 Å². The summed E-state index contributed by atoms with van der Waals surface area (Å²) in [6.07, 6.45) is 0.774. The molecule has 0 radical (unpaired) electrons. The van der Waals surface area contributed by atoms with E-state index in [1.165, 1.54) is 0 Å². The van der Waals surface area contributed by atoms with E-state index in [0.717, 1.165) is 17.5 Å². The van der Waals surface area contributed by atoms with Crippen molar-refractivity contribution < 1.29 is 5.11 Å². The highest BCUT2D eigenvalue weighted by Crippen LogP contribution is 2.37. The molecular formula is C16H13N3O2. The molecule has 0 atom stereocenters. The molecule has 104 valence electrons. The average Bonchev–Trinajstić information content (AvgIpc) is 2.51. The molecule has 2 aromatic heterocycles. The summed E-state index contributed by atoms with van der Waals surface area (Å²) in [6, 6.07) is 11.0.